The number of pyridine rings is 1. The molecular weight excluding hydrogens is 414 g/mol. The number of aromatic nitrogens is 2. The van der Waals surface area contributed by atoms with Crippen LogP contribution in [0.4, 0.5) is 0 Å². The number of nitrogens with zero attached hydrogens (tertiary/aromatic N) is 3. The largest absolute Gasteiger partial charge is 0.481 e. The lowest BCUT2D eigenvalue weighted by atomic mass is 9.83. The fourth-order valence-electron chi connectivity index (χ4n) is 4.42. The molecule has 0 saturated heterocycles. The molecule has 1 saturated carbocycles. The SMILES string of the molecule is COc1ccc(-c2c(C3CCCCC3)c3sc(C(=O)O)cc3n2CC(=O)N(C)C)cn1. The van der Waals surface area contributed by atoms with E-state index in [1.807, 2.05) is 16.7 Å². The Kier molecular flexibility index (Phi) is 6.00. The topological polar surface area (TPSA) is 84.7 Å². The smallest absolute Gasteiger partial charge is 0.345 e. The van der Waals surface area contributed by atoms with Crippen LogP contribution in [-0.2, 0) is 11.3 Å². The van der Waals surface area contributed by atoms with E-state index in [0.717, 1.165) is 52.7 Å². The lowest BCUT2D eigenvalue weighted by Crippen LogP contribution is -2.26. The van der Waals surface area contributed by atoms with E-state index in [9.17, 15) is 14.7 Å². The predicted octanol–water partition coefficient (Wildman–Crippen LogP) is 4.61. The van der Waals surface area contributed by atoms with Crippen LogP contribution in [0.15, 0.2) is 24.4 Å². The van der Waals surface area contributed by atoms with Crippen LogP contribution >= 0.6 is 11.3 Å². The van der Waals surface area contributed by atoms with E-state index in [1.54, 1.807) is 38.4 Å². The van der Waals surface area contributed by atoms with Gasteiger partial charge in [0.05, 0.1) is 23.0 Å². The number of methoxy groups -OCH3 is 1. The number of hydrogen-bond donors (Lipinski definition) is 1. The van der Waals surface area contributed by atoms with Crippen molar-refractivity contribution >= 4 is 33.4 Å². The molecular formula is C23H27N3O4S. The summed E-state index contributed by atoms with van der Waals surface area (Å²) in [6, 6.07) is 5.49. The number of carbonyl (C=O) groups is 2. The lowest BCUT2D eigenvalue weighted by molar-refractivity contribution is -0.129. The Hall–Kier alpha value is -2.87. The molecule has 1 aliphatic carbocycles. The Morgan fingerprint density at radius 1 is 1.26 bits per heavy atom. The van der Waals surface area contributed by atoms with Gasteiger partial charge in [-0.15, -0.1) is 11.3 Å². The fraction of sp³-hybridized carbons (Fsp3) is 0.435. The Morgan fingerprint density at radius 3 is 2.58 bits per heavy atom. The highest BCUT2D eigenvalue weighted by molar-refractivity contribution is 7.21. The number of likely N-dealkylation sites (N-methyl/N-ethyl adjacent to an activating group) is 1. The summed E-state index contributed by atoms with van der Waals surface area (Å²) in [5, 5.41) is 9.61. The predicted molar refractivity (Wildman–Crippen MR) is 121 cm³/mol. The van der Waals surface area contributed by atoms with E-state index in [0.29, 0.717) is 16.7 Å². The third kappa shape index (κ3) is 4.04. The van der Waals surface area contributed by atoms with Crippen molar-refractivity contribution in [1.82, 2.24) is 14.5 Å². The van der Waals surface area contributed by atoms with Crippen LogP contribution in [0.3, 0.4) is 0 Å². The minimum absolute atomic E-state index is 0.0436. The van der Waals surface area contributed by atoms with Crippen LogP contribution < -0.4 is 4.74 Å². The van der Waals surface area contributed by atoms with Gasteiger partial charge in [0, 0.05) is 31.9 Å². The summed E-state index contributed by atoms with van der Waals surface area (Å²) >= 11 is 1.31. The van der Waals surface area contributed by atoms with Crippen LogP contribution in [0.25, 0.3) is 21.5 Å². The highest BCUT2D eigenvalue weighted by Crippen LogP contribution is 2.46. The minimum Gasteiger partial charge on any atom is -0.481 e. The molecule has 31 heavy (non-hydrogen) atoms. The molecule has 1 amide bonds. The molecule has 3 heterocycles. The molecule has 3 aromatic rings. The monoisotopic (exact) mass is 441 g/mol. The highest BCUT2D eigenvalue weighted by Gasteiger charge is 2.29. The van der Waals surface area contributed by atoms with Crippen LogP contribution in [0.2, 0.25) is 0 Å². The molecule has 7 nitrogen and oxygen atoms in total. The van der Waals surface area contributed by atoms with Gasteiger partial charge in [-0.3, -0.25) is 4.79 Å². The molecule has 8 heteroatoms. The van der Waals surface area contributed by atoms with Crippen LogP contribution in [-0.4, -0.2) is 52.6 Å². The fourth-order valence-corrected chi connectivity index (χ4v) is 5.54. The number of fused-ring (bicyclic) bond motifs is 1. The summed E-state index contributed by atoms with van der Waals surface area (Å²) < 4.78 is 8.18. The van der Waals surface area contributed by atoms with Gasteiger partial charge in [-0.05, 0) is 36.5 Å². The number of rotatable bonds is 6. The lowest BCUT2D eigenvalue weighted by Gasteiger charge is -2.23. The molecule has 0 atom stereocenters. The zero-order chi connectivity index (χ0) is 22.1. The minimum atomic E-state index is -0.936. The zero-order valence-corrected chi connectivity index (χ0v) is 18.9. The zero-order valence-electron chi connectivity index (χ0n) is 18.1. The molecule has 1 aliphatic rings. The summed E-state index contributed by atoms with van der Waals surface area (Å²) in [5.41, 5.74) is 3.85. The molecule has 0 aliphatic heterocycles. The third-order valence-electron chi connectivity index (χ3n) is 6.01. The first-order valence-electron chi connectivity index (χ1n) is 10.5. The summed E-state index contributed by atoms with van der Waals surface area (Å²) in [4.78, 5) is 30.7. The van der Waals surface area contributed by atoms with Crippen molar-refractivity contribution in [3.8, 4) is 17.1 Å². The van der Waals surface area contributed by atoms with Crippen molar-refractivity contribution in [1.29, 1.82) is 0 Å². The van der Waals surface area contributed by atoms with Crippen molar-refractivity contribution in [2.45, 2.75) is 44.6 Å². The second-order valence-electron chi connectivity index (χ2n) is 8.19. The van der Waals surface area contributed by atoms with Crippen molar-refractivity contribution < 1.29 is 19.4 Å². The van der Waals surface area contributed by atoms with Gasteiger partial charge in [-0.1, -0.05) is 19.3 Å². The normalized spacial score (nSPS) is 14.7. The Balaban J connectivity index is 1.98. The van der Waals surface area contributed by atoms with Crippen molar-refractivity contribution in [3.63, 3.8) is 0 Å². The maximum Gasteiger partial charge on any atom is 0.345 e. The molecule has 0 radical (unpaired) electrons. The van der Waals surface area contributed by atoms with Gasteiger partial charge in [0.2, 0.25) is 11.8 Å². The maximum atomic E-state index is 12.7. The number of ether oxygens (including phenoxy) is 1. The molecule has 0 unspecified atom stereocenters. The number of thiophene rings is 1. The van der Waals surface area contributed by atoms with Crippen LogP contribution in [0.1, 0.15) is 53.3 Å². The summed E-state index contributed by atoms with van der Waals surface area (Å²) in [5.74, 6) is -0.114. The molecule has 4 rings (SSSR count). The first-order valence-corrected chi connectivity index (χ1v) is 11.3. The third-order valence-corrected chi connectivity index (χ3v) is 7.15. The summed E-state index contributed by atoms with van der Waals surface area (Å²) in [6.45, 7) is 0.146. The molecule has 0 spiro atoms. The number of aromatic carboxylic acids is 1. The van der Waals surface area contributed by atoms with Gasteiger partial charge in [-0.25, -0.2) is 9.78 Å². The van der Waals surface area contributed by atoms with Gasteiger partial charge in [0.25, 0.3) is 0 Å². The molecule has 0 aromatic carbocycles. The average Bonchev–Trinajstić information content (AvgIpc) is 3.32. The summed E-state index contributed by atoms with van der Waals surface area (Å²) in [7, 11) is 5.04. The van der Waals surface area contributed by atoms with E-state index in [-0.39, 0.29) is 12.5 Å². The van der Waals surface area contributed by atoms with E-state index < -0.39 is 5.97 Å². The van der Waals surface area contributed by atoms with Crippen molar-refractivity contribution in [3.05, 3.63) is 34.8 Å². The van der Waals surface area contributed by atoms with Gasteiger partial charge in [0.15, 0.2) is 0 Å². The summed E-state index contributed by atoms with van der Waals surface area (Å²) in [6.07, 6.45) is 7.45. The molecule has 164 valence electrons. The Labute approximate surface area is 185 Å². The molecule has 3 aromatic heterocycles. The first-order chi connectivity index (χ1) is 14.9. The number of amides is 1. The average molecular weight is 442 g/mol. The van der Waals surface area contributed by atoms with Crippen LogP contribution in [0.5, 0.6) is 5.88 Å². The second kappa shape index (κ2) is 8.70. The van der Waals surface area contributed by atoms with Gasteiger partial charge < -0.3 is 19.3 Å². The van der Waals surface area contributed by atoms with Crippen molar-refractivity contribution in [2.24, 2.45) is 0 Å². The first kappa shape index (κ1) is 21.4. The number of carboxylic acid groups (broad SMARTS) is 1. The van der Waals surface area contributed by atoms with Gasteiger partial charge >= 0.3 is 5.97 Å². The van der Waals surface area contributed by atoms with Gasteiger partial charge in [0.1, 0.15) is 11.4 Å². The second-order valence-corrected chi connectivity index (χ2v) is 9.24. The van der Waals surface area contributed by atoms with Crippen LogP contribution in [0, 0.1) is 0 Å². The highest BCUT2D eigenvalue weighted by atomic mass is 32.1. The van der Waals surface area contributed by atoms with Gasteiger partial charge in [-0.2, -0.15) is 0 Å². The quantitative estimate of drug-likeness (QED) is 0.604. The Bertz CT molecular complexity index is 1110. The molecule has 0 bridgehead atoms. The maximum absolute atomic E-state index is 12.7. The van der Waals surface area contributed by atoms with E-state index in [2.05, 4.69) is 4.98 Å². The number of carboxylic acids is 1. The number of hydrogen-bond acceptors (Lipinski definition) is 5. The van der Waals surface area contributed by atoms with E-state index in [1.165, 1.54) is 17.8 Å². The Morgan fingerprint density at radius 2 is 2.00 bits per heavy atom. The standard InChI is InChI=1S/C23H27N3O4S/c1-25(2)19(27)13-26-16-11-17(23(28)29)31-22(16)20(14-7-5-4-6-8-14)21(26)15-9-10-18(30-3)24-12-15/h9-12,14H,4-8,13H2,1-3H3,(H,28,29). The van der Waals surface area contributed by atoms with E-state index >= 15 is 0 Å². The number of carbonyl (C=O) groups excluding carboxylic acids is 1. The van der Waals surface area contributed by atoms with Crippen molar-refractivity contribution in [2.75, 3.05) is 21.2 Å². The molecule has 1 fully saturated rings. The van der Waals surface area contributed by atoms with E-state index in [4.69, 9.17) is 4.74 Å². The molecule has 1 N–H and O–H groups in total.